The standard InChI is InChI=1S/C26H23N3O5/c1-5-33-24(30)22-19-10-7-11-20(32-4)21(19)28-23(29-22)18-9-6-8-17(14-18)12-13-26(3,31)25-27-15-16(2)34-25/h6-11,14-15,31H,5H2,1-4H3. The zero-order valence-corrected chi connectivity index (χ0v) is 19.2. The maximum atomic E-state index is 12.6. The van der Waals surface area contributed by atoms with Gasteiger partial charge in [-0.3, -0.25) is 0 Å². The van der Waals surface area contributed by atoms with Crippen molar-refractivity contribution in [3.8, 4) is 29.0 Å². The molecule has 0 saturated heterocycles. The fourth-order valence-electron chi connectivity index (χ4n) is 3.34. The molecule has 172 valence electrons. The van der Waals surface area contributed by atoms with Crippen LogP contribution in [-0.2, 0) is 10.3 Å². The number of nitrogens with zero attached hydrogens (tertiary/aromatic N) is 3. The van der Waals surface area contributed by atoms with E-state index in [0.717, 1.165) is 0 Å². The van der Waals surface area contributed by atoms with E-state index in [1.165, 1.54) is 20.2 Å². The van der Waals surface area contributed by atoms with Gasteiger partial charge in [0.25, 0.3) is 0 Å². The molecule has 2 aromatic carbocycles. The highest BCUT2D eigenvalue weighted by atomic mass is 16.5. The Kier molecular flexibility index (Phi) is 6.30. The normalized spacial score (nSPS) is 12.5. The third-order valence-electron chi connectivity index (χ3n) is 4.99. The molecule has 4 rings (SSSR count). The van der Waals surface area contributed by atoms with Crippen LogP contribution in [0.25, 0.3) is 22.3 Å². The Hall–Kier alpha value is -4.22. The SMILES string of the molecule is CCOC(=O)c1nc(-c2cccc(C#CC(C)(O)c3ncc(C)o3)c2)nc2c(OC)cccc12. The fourth-order valence-corrected chi connectivity index (χ4v) is 3.34. The molecule has 0 aliphatic rings. The smallest absolute Gasteiger partial charge is 0.357 e. The molecule has 8 heteroatoms. The number of esters is 1. The average molecular weight is 457 g/mol. The molecule has 8 nitrogen and oxygen atoms in total. The second-order valence-electron chi connectivity index (χ2n) is 7.65. The van der Waals surface area contributed by atoms with Crippen molar-refractivity contribution in [2.45, 2.75) is 26.4 Å². The Bertz CT molecular complexity index is 1430. The zero-order valence-electron chi connectivity index (χ0n) is 19.2. The number of carbonyl (C=O) groups excluding carboxylic acids is 1. The summed E-state index contributed by atoms with van der Waals surface area (Å²) in [5, 5.41) is 11.2. The summed E-state index contributed by atoms with van der Waals surface area (Å²) in [7, 11) is 1.54. The number of oxazole rings is 1. The molecule has 2 aromatic heterocycles. The first-order valence-corrected chi connectivity index (χ1v) is 10.6. The van der Waals surface area contributed by atoms with Crippen LogP contribution in [0.5, 0.6) is 5.75 Å². The first-order chi connectivity index (χ1) is 16.3. The van der Waals surface area contributed by atoms with Gasteiger partial charge in [-0.2, -0.15) is 0 Å². The zero-order chi connectivity index (χ0) is 24.3. The number of benzene rings is 2. The third-order valence-corrected chi connectivity index (χ3v) is 4.99. The Labute approximate surface area is 196 Å². The first kappa shape index (κ1) is 23.0. The number of hydrogen-bond donors (Lipinski definition) is 1. The van der Waals surface area contributed by atoms with E-state index in [9.17, 15) is 9.90 Å². The molecular weight excluding hydrogens is 434 g/mol. The average Bonchev–Trinajstić information content (AvgIpc) is 3.29. The Balaban J connectivity index is 1.79. The minimum absolute atomic E-state index is 0.123. The minimum Gasteiger partial charge on any atom is -0.494 e. The van der Waals surface area contributed by atoms with E-state index in [1.54, 1.807) is 50.2 Å². The van der Waals surface area contributed by atoms with Gasteiger partial charge in [0.1, 0.15) is 17.0 Å². The molecule has 1 N–H and O–H groups in total. The Morgan fingerprint density at radius 1 is 1.21 bits per heavy atom. The summed E-state index contributed by atoms with van der Waals surface area (Å²) >= 11 is 0. The third kappa shape index (κ3) is 4.60. The number of aryl methyl sites for hydroxylation is 1. The lowest BCUT2D eigenvalue weighted by Gasteiger charge is -2.11. The largest absolute Gasteiger partial charge is 0.494 e. The lowest BCUT2D eigenvalue weighted by Crippen LogP contribution is -2.18. The number of aliphatic hydroxyl groups is 1. The highest BCUT2D eigenvalue weighted by Crippen LogP contribution is 2.29. The van der Waals surface area contributed by atoms with Gasteiger partial charge < -0.3 is 19.0 Å². The molecule has 0 amide bonds. The molecule has 4 aromatic rings. The van der Waals surface area contributed by atoms with E-state index in [1.807, 2.05) is 6.07 Å². The molecule has 1 atom stereocenters. The van der Waals surface area contributed by atoms with Gasteiger partial charge in [0.05, 0.1) is 19.9 Å². The van der Waals surface area contributed by atoms with Crippen molar-refractivity contribution < 1.29 is 23.8 Å². The highest BCUT2D eigenvalue weighted by molar-refractivity contribution is 6.03. The second-order valence-corrected chi connectivity index (χ2v) is 7.65. The van der Waals surface area contributed by atoms with Gasteiger partial charge in [-0.05, 0) is 39.0 Å². The lowest BCUT2D eigenvalue weighted by molar-refractivity contribution is 0.0522. The second kappa shape index (κ2) is 9.33. The number of methoxy groups -OCH3 is 1. The summed E-state index contributed by atoms with van der Waals surface area (Å²) in [4.78, 5) is 25.9. The van der Waals surface area contributed by atoms with Crippen molar-refractivity contribution in [1.29, 1.82) is 0 Å². The van der Waals surface area contributed by atoms with Crippen molar-refractivity contribution in [2.24, 2.45) is 0 Å². The number of fused-ring (bicyclic) bond motifs is 1. The maximum absolute atomic E-state index is 12.6. The van der Waals surface area contributed by atoms with Crippen LogP contribution in [0.15, 0.2) is 53.1 Å². The monoisotopic (exact) mass is 457 g/mol. The van der Waals surface area contributed by atoms with Crippen LogP contribution >= 0.6 is 0 Å². The van der Waals surface area contributed by atoms with E-state index in [4.69, 9.17) is 13.9 Å². The van der Waals surface area contributed by atoms with Gasteiger partial charge in [0, 0.05) is 16.5 Å². The van der Waals surface area contributed by atoms with Crippen LogP contribution in [0.4, 0.5) is 0 Å². The first-order valence-electron chi connectivity index (χ1n) is 10.6. The van der Waals surface area contributed by atoms with Gasteiger partial charge in [-0.15, -0.1) is 0 Å². The van der Waals surface area contributed by atoms with Crippen molar-refractivity contribution in [3.05, 3.63) is 71.6 Å². The van der Waals surface area contributed by atoms with Gasteiger partial charge in [-0.1, -0.05) is 36.1 Å². The van der Waals surface area contributed by atoms with E-state index in [0.29, 0.717) is 39.4 Å². The summed E-state index contributed by atoms with van der Waals surface area (Å²) in [5.41, 5.74) is 0.337. The van der Waals surface area contributed by atoms with Crippen molar-refractivity contribution >= 4 is 16.9 Å². The number of rotatable bonds is 5. The molecule has 0 radical (unpaired) electrons. The molecule has 0 aliphatic carbocycles. The predicted molar refractivity (Wildman–Crippen MR) is 125 cm³/mol. The van der Waals surface area contributed by atoms with Gasteiger partial charge >= 0.3 is 5.97 Å². The number of hydrogen-bond acceptors (Lipinski definition) is 8. The molecule has 0 aliphatic heterocycles. The topological polar surface area (TPSA) is 108 Å². The summed E-state index contributed by atoms with van der Waals surface area (Å²) in [5.74, 6) is 6.74. The van der Waals surface area contributed by atoms with Crippen LogP contribution in [0, 0.1) is 18.8 Å². The van der Waals surface area contributed by atoms with Crippen LogP contribution < -0.4 is 4.74 Å². The lowest BCUT2D eigenvalue weighted by atomic mass is 10.1. The Morgan fingerprint density at radius 3 is 2.71 bits per heavy atom. The van der Waals surface area contributed by atoms with Crippen LogP contribution in [0.1, 0.15) is 41.6 Å². The minimum atomic E-state index is -1.56. The van der Waals surface area contributed by atoms with Crippen LogP contribution in [0.3, 0.4) is 0 Å². The van der Waals surface area contributed by atoms with Crippen molar-refractivity contribution in [2.75, 3.05) is 13.7 Å². The molecule has 0 bridgehead atoms. The van der Waals surface area contributed by atoms with Crippen LogP contribution in [0.2, 0.25) is 0 Å². The number of carbonyl (C=O) groups is 1. The summed E-state index contributed by atoms with van der Waals surface area (Å²) in [6, 6.07) is 12.5. The van der Waals surface area contributed by atoms with Crippen molar-refractivity contribution in [3.63, 3.8) is 0 Å². The number of ether oxygens (including phenoxy) is 2. The molecule has 0 fully saturated rings. The molecule has 0 spiro atoms. The van der Waals surface area contributed by atoms with Gasteiger partial charge in [-0.25, -0.2) is 19.7 Å². The van der Waals surface area contributed by atoms with E-state index in [-0.39, 0.29) is 18.2 Å². The van der Waals surface area contributed by atoms with E-state index < -0.39 is 11.6 Å². The van der Waals surface area contributed by atoms with Gasteiger partial charge in [0.15, 0.2) is 17.1 Å². The number of para-hydroxylation sites is 1. The predicted octanol–water partition coefficient (Wildman–Crippen LogP) is 4.04. The summed E-state index contributed by atoms with van der Waals surface area (Å²) in [6.45, 7) is 5.21. The molecule has 0 saturated carbocycles. The van der Waals surface area contributed by atoms with Crippen LogP contribution in [-0.4, -0.2) is 39.7 Å². The Morgan fingerprint density at radius 2 is 2.00 bits per heavy atom. The maximum Gasteiger partial charge on any atom is 0.357 e. The quantitative estimate of drug-likeness (QED) is 0.353. The van der Waals surface area contributed by atoms with Crippen molar-refractivity contribution in [1.82, 2.24) is 15.0 Å². The molecular formula is C26H23N3O5. The number of aromatic nitrogens is 3. The van der Waals surface area contributed by atoms with E-state index in [2.05, 4.69) is 26.8 Å². The van der Waals surface area contributed by atoms with E-state index >= 15 is 0 Å². The molecule has 34 heavy (non-hydrogen) atoms. The summed E-state index contributed by atoms with van der Waals surface area (Å²) in [6.07, 6.45) is 1.53. The fraction of sp³-hybridized carbons (Fsp3) is 0.231. The summed E-state index contributed by atoms with van der Waals surface area (Å²) < 4.78 is 16.1. The highest BCUT2D eigenvalue weighted by Gasteiger charge is 2.26. The molecule has 2 heterocycles. The molecule has 1 unspecified atom stereocenters. The van der Waals surface area contributed by atoms with Gasteiger partial charge in [0.2, 0.25) is 5.89 Å².